The lowest BCUT2D eigenvalue weighted by Crippen LogP contribution is -2.04. The van der Waals surface area contributed by atoms with E-state index in [-0.39, 0.29) is 0 Å². The van der Waals surface area contributed by atoms with Crippen LogP contribution in [0.15, 0.2) is 121 Å². The lowest BCUT2D eigenvalue weighted by Gasteiger charge is -2.21. The SMILES string of the molecule is C=C(C=Cc1ccccc1)CCCCCCCCc1cc(-c2cc(CCCC(C)C)c(C)cc2CCCC(C)C)c(OCCCCCCCC(=C)C=Cc2ccccc2)cc1C. The molecule has 0 aliphatic heterocycles. The molecular weight excluding hydrogens is 749 g/mol. The summed E-state index contributed by atoms with van der Waals surface area (Å²) in [5.74, 6) is 2.53. The van der Waals surface area contributed by atoms with Crippen molar-refractivity contribution in [3.05, 3.63) is 160 Å². The molecule has 0 saturated heterocycles. The van der Waals surface area contributed by atoms with Gasteiger partial charge in [0.15, 0.2) is 0 Å². The smallest absolute Gasteiger partial charge is 0.127 e. The molecule has 1 nitrogen and oxygen atoms in total. The van der Waals surface area contributed by atoms with Crippen LogP contribution in [0.5, 0.6) is 5.75 Å². The fourth-order valence-electron chi connectivity index (χ4n) is 8.53. The van der Waals surface area contributed by atoms with Crippen LogP contribution in [0.25, 0.3) is 23.3 Å². The molecule has 0 bridgehead atoms. The Kier molecular flexibility index (Phi) is 23.6. The van der Waals surface area contributed by atoms with Gasteiger partial charge in [0.2, 0.25) is 0 Å². The Labute approximate surface area is 380 Å². The van der Waals surface area contributed by atoms with Crippen molar-refractivity contribution < 1.29 is 4.74 Å². The van der Waals surface area contributed by atoms with Gasteiger partial charge in [0.05, 0.1) is 6.61 Å². The predicted molar refractivity (Wildman–Crippen MR) is 275 cm³/mol. The molecule has 4 aromatic carbocycles. The van der Waals surface area contributed by atoms with Crippen LogP contribution in [-0.2, 0) is 19.3 Å². The standard InChI is InChI=1S/C61H84O/c1-48(2)28-26-37-57-46-59(58(44-52(57)7)38-27-29-49(3)4)60-47-56(36-24-14-10-9-12-18-30-50(5)39-41-54-32-20-16-21-33-54)53(8)45-61(60)62-43-25-15-11-13-19-31-51(6)40-42-55-34-22-17-23-35-55/h16-17,20-23,32-35,39-42,44-49H,5-6,9-15,18-19,24-31,36-38,43H2,1-4,7-8H3. The molecule has 62 heavy (non-hydrogen) atoms. The Morgan fingerprint density at radius 3 is 1.45 bits per heavy atom. The van der Waals surface area contributed by atoms with Crippen LogP contribution in [-0.4, -0.2) is 6.61 Å². The maximum Gasteiger partial charge on any atom is 0.127 e. The maximum atomic E-state index is 6.83. The fraction of sp³-hybridized carbons (Fsp3) is 0.475. The first-order valence-electron chi connectivity index (χ1n) is 24.8. The fourth-order valence-corrected chi connectivity index (χ4v) is 8.53. The first-order valence-corrected chi connectivity index (χ1v) is 24.8. The molecule has 0 fully saturated rings. The highest BCUT2D eigenvalue weighted by Gasteiger charge is 2.17. The van der Waals surface area contributed by atoms with Crippen LogP contribution in [0.4, 0.5) is 0 Å². The van der Waals surface area contributed by atoms with Crippen LogP contribution >= 0.6 is 0 Å². The topological polar surface area (TPSA) is 9.23 Å². The summed E-state index contributed by atoms with van der Waals surface area (Å²) in [5, 5.41) is 0. The van der Waals surface area contributed by atoms with E-state index in [1.807, 2.05) is 0 Å². The van der Waals surface area contributed by atoms with Crippen molar-refractivity contribution in [2.24, 2.45) is 11.8 Å². The van der Waals surface area contributed by atoms with E-state index in [9.17, 15) is 0 Å². The van der Waals surface area contributed by atoms with E-state index in [0.29, 0.717) is 0 Å². The average molecular weight is 833 g/mol. The minimum Gasteiger partial charge on any atom is -0.493 e. The number of allylic oxidation sites excluding steroid dienone is 4. The van der Waals surface area contributed by atoms with Gasteiger partial charge in [-0.05, 0) is 153 Å². The molecule has 0 radical (unpaired) electrons. The Balaban J connectivity index is 1.37. The molecule has 0 amide bonds. The minimum absolute atomic E-state index is 0.719. The van der Waals surface area contributed by atoms with Crippen LogP contribution in [0.3, 0.4) is 0 Å². The lowest BCUT2D eigenvalue weighted by molar-refractivity contribution is 0.305. The van der Waals surface area contributed by atoms with E-state index in [1.165, 1.54) is 151 Å². The van der Waals surface area contributed by atoms with Gasteiger partial charge in [-0.25, -0.2) is 0 Å². The highest BCUT2D eigenvalue weighted by Crippen LogP contribution is 2.38. The molecular formula is C61H84O. The van der Waals surface area contributed by atoms with Crippen molar-refractivity contribution in [1.29, 1.82) is 0 Å². The number of benzene rings is 4. The summed E-state index contributed by atoms with van der Waals surface area (Å²) in [6, 6.07) is 31.1. The second-order valence-electron chi connectivity index (χ2n) is 19.1. The number of ether oxygens (including phenoxy) is 1. The number of hydrogen-bond acceptors (Lipinski definition) is 1. The van der Waals surface area contributed by atoms with Gasteiger partial charge in [0, 0.05) is 5.56 Å². The van der Waals surface area contributed by atoms with Gasteiger partial charge in [-0.3, -0.25) is 0 Å². The Hall–Kier alpha value is -4.36. The van der Waals surface area contributed by atoms with Crippen LogP contribution in [0.2, 0.25) is 0 Å². The highest BCUT2D eigenvalue weighted by atomic mass is 16.5. The Morgan fingerprint density at radius 1 is 0.484 bits per heavy atom. The third-order valence-corrected chi connectivity index (χ3v) is 12.5. The minimum atomic E-state index is 0.719. The Bertz CT molecular complexity index is 1940. The molecule has 334 valence electrons. The second-order valence-corrected chi connectivity index (χ2v) is 19.1. The normalized spacial score (nSPS) is 11.7. The van der Waals surface area contributed by atoms with Crippen molar-refractivity contribution in [1.82, 2.24) is 0 Å². The van der Waals surface area contributed by atoms with Crippen molar-refractivity contribution in [2.75, 3.05) is 6.61 Å². The van der Waals surface area contributed by atoms with Crippen LogP contribution < -0.4 is 4.74 Å². The number of unbranched alkanes of at least 4 members (excludes halogenated alkanes) is 9. The van der Waals surface area contributed by atoms with E-state index in [4.69, 9.17) is 4.74 Å². The van der Waals surface area contributed by atoms with Gasteiger partial charge >= 0.3 is 0 Å². The number of aryl methyl sites for hydroxylation is 5. The van der Waals surface area contributed by atoms with E-state index < -0.39 is 0 Å². The maximum absolute atomic E-state index is 6.83. The number of hydrogen-bond donors (Lipinski definition) is 0. The summed E-state index contributed by atoms with van der Waals surface area (Å²) in [6.07, 6.45) is 32.9. The largest absolute Gasteiger partial charge is 0.493 e. The monoisotopic (exact) mass is 833 g/mol. The molecule has 0 aromatic heterocycles. The van der Waals surface area contributed by atoms with Crippen molar-refractivity contribution in [2.45, 2.75) is 170 Å². The summed E-state index contributed by atoms with van der Waals surface area (Å²) in [7, 11) is 0. The molecule has 4 rings (SSSR count). The molecule has 0 heterocycles. The van der Waals surface area contributed by atoms with Gasteiger partial charge in [-0.15, -0.1) is 0 Å². The molecule has 0 unspecified atom stereocenters. The van der Waals surface area contributed by atoms with Gasteiger partial charge < -0.3 is 4.74 Å². The summed E-state index contributed by atoms with van der Waals surface area (Å²) >= 11 is 0. The quantitative estimate of drug-likeness (QED) is 0.0363. The molecule has 1 heteroatoms. The first kappa shape index (κ1) is 50.3. The van der Waals surface area contributed by atoms with Gasteiger partial charge in [-0.2, -0.15) is 0 Å². The summed E-state index contributed by atoms with van der Waals surface area (Å²) in [6.45, 7) is 23.4. The van der Waals surface area contributed by atoms with Crippen molar-refractivity contribution >= 4 is 12.2 Å². The van der Waals surface area contributed by atoms with Crippen LogP contribution in [0.1, 0.15) is 176 Å². The lowest BCUT2D eigenvalue weighted by atomic mass is 9.87. The zero-order chi connectivity index (χ0) is 44.4. The molecule has 0 aliphatic carbocycles. The summed E-state index contributed by atoms with van der Waals surface area (Å²) in [5.41, 5.74) is 15.0. The van der Waals surface area contributed by atoms with Crippen molar-refractivity contribution in [3.63, 3.8) is 0 Å². The molecule has 0 aliphatic rings. The van der Waals surface area contributed by atoms with Gasteiger partial charge in [0.1, 0.15) is 5.75 Å². The molecule has 4 aromatic rings. The zero-order valence-corrected chi connectivity index (χ0v) is 40.2. The summed E-state index contributed by atoms with van der Waals surface area (Å²) < 4.78 is 6.83. The predicted octanol–water partition coefficient (Wildman–Crippen LogP) is 18.5. The van der Waals surface area contributed by atoms with Gasteiger partial charge in [-0.1, -0.05) is 207 Å². The third-order valence-electron chi connectivity index (χ3n) is 12.5. The highest BCUT2D eigenvalue weighted by molar-refractivity contribution is 5.76. The molecule has 0 spiro atoms. The van der Waals surface area contributed by atoms with Crippen molar-refractivity contribution in [3.8, 4) is 16.9 Å². The summed E-state index contributed by atoms with van der Waals surface area (Å²) in [4.78, 5) is 0. The molecule has 0 atom stereocenters. The third kappa shape index (κ3) is 19.8. The van der Waals surface area contributed by atoms with E-state index in [0.717, 1.165) is 62.7 Å². The Morgan fingerprint density at radius 2 is 0.919 bits per heavy atom. The van der Waals surface area contributed by atoms with E-state index >= 15 is 0 Å². The van der Waals surface area contributed by atoms with E-state index in [2.05, 4.69) is 164 Å². The number of rotatable bonds is 31. The van der Waals surface area contributed by atoms with Gasteiger partial charge in [0.25, 0.3) is 0 Å². The zero-order valence-electron chi connectivity index (χ0n) is 40.2. The second kappa shape index (κ2) is 29.1. The van der Waals surface area contributed by atoms with Crippen LogP contribution in [0, 0.1) is 25.7 Å². The van der Waals surface area contributed by atoms with E-state index in [1.54, 1.807) is 0 Å². The average Bonchev–Trinajstić information content (AvgIpc) is 3.25. The first-order chi connectivity index (χ1) is 30.1. The molecule has 0 N–H and O–H groups in total. The molecule has 0 saturated carbocycles.